The highest BCUT2D eigenvalue weighted by molar-refractivity contribution is 8.06. The third-order valence-corrected chi connectivity index (χ3v) is 5.13. The second-order valence-corrected chi connectivity index (χ2v) is 8.70. The van der Waals surface area contributed by atoms with Crippen molar-refractivity contribution in [1.82, 2.24) is 14.6 Å². The molecule has 4 nitrogen and oxygen atoms in total. The van der Waals surface area contributed by atoms with Crippen molar-refractivity contribution in [2.75, 3.05) is 0 Å². The Balaban J connectivity index is 2.50. The van der Waals surface area contributed by atoms with E-state index in [2.05, 4.69) is 9.97 Å². The van der Waals surface area contributed by atoms with Crippen molar-refractivity contribution in [3.05, 3.63) is 21.7 Å². The summed E-state index contributed by atoms with van der Waals surface area (Å²) in [5.41, 5.74) is 1.28. The molecule has 0 amide bonds. The summed E-state index contributed by atoms with van der Waals surface area (Å²) < 4.78 is 13.1. The van der Waals surface area contributed by atoms with Crippen LogP contribution in [-0.2, 0) is 11.1 Å². The van der Waals surface area contributed by atoms with Gasteiger partial charge in [0.1, 0.15) is 5.15 Å². The van der Waals surface area contributed by atoms with E-state index in [1.54, 1.807) is 6.92 Å². The molecule has 0 saturated heterocycles. The minimum absolute atomic E-state index is 0.0526. The number of halogens is 4. The van der Waals surface area contributed by atoms with Crippen LogP contribution in [0.5, 0.6) is 0 Å². The van der Waals surface area contributed by atoms with Crippen molar-refractivity contribution in [3.8, 4) is 0 Å². The molecule has 1 aliphatic heterocycles. The maximum atomic E-state index is 11.6. The highest BCUT2D eigenvalue weighted by Gasteiger charge is 2.40. The molecule has 88 valence electrons. The van der Waals surface area contributed by atoms with Crippen LogP contribution in [-0.4, -0.2) is 14.6 Å². The fourth-order valence-corrected chi connectivity index (χ4v) is 4.21. The highest BCUT2D eigenvalue weighted by atomic mass is 35.9. The summed E-state index contributed by atoms with van der Waals surface area (Å²) >= 11 is 22.9. The van der Waals surface area contributed by atoms with Crippen molar-refractivity contribution >= 4 is 51.7 Å². The van der Waals surface area contributed by atoms with Gasteiger partial charge in [-0.25, -0.2) is 14.6 Å². The standard InChI is InChI=1S/C7H6Cl4N3OP/c1-3-5-4(2-14(3)16(10,11)15)12-7(9)13-6(5)8/h3H,2H2,1H3. The van der Waals surface area contributed by atoms with Crippen LogP contribution in [0.3, 0.4) is 0 Å². The minimum atomic E-state index is -3.38. The van der Waals surface area contributed by atoms with Crippen LogP contribution in [0.2, 0.25) is 10.4 Å². The highest BCUT2D eigenvalue weighted by Crippen LogP contribution is 2.65. The fraction of sp³-hybridized carbons (Fsp3) is 0.429. The third-order valence-electron chi connectivity index (χ3n) is 2.43. The molecule has 16 heavy (non-hydrogen) atoms. The van der Waals surface area contributed by atoms with Crippen LogP contribution >= 0.6 is 51.7 Å². The molecule has 1 aromatic rings. The molecule has 2 heterocycles. The van der Waals surface area contributed by atoms with Crippen LogP contribution < -0.4 is 0 Å². The Morgan fingerprint density at radius 1 is 1.38 bits per heavy atom. The van der Waals surface area contributed by atoms with Gasteiger partial charge >= 0.3 is 6.00 Å². The van der Waals surface area contributed by atoms with Crippen LogP contribution in [0.15, 0.2) is 0 Å². The van der Waals surface area contributed by atoms with E-state index in [0.717, 1.165) is 0 Å². The first-order valence-electron chi connectivity index (χ1n) is 4.29. The molecule has 0 aliphatic carbocycles. The summed E-state index contributed by atoms with van der Waals surface area (Å²) in [7, 11) is 0. The lowest BCUT2D eigenvalue weighted by molar-refractivity contribution is 0.383. The van der Waals surface area contributed by atoms with Gasteiger partial charge in [-0.1, -0.05) is 11.6 Å². The molecule has 0 aromatic carbocycles. The SMILES string of the molecule is CC1c2c(Cl)nc(Cl)nc2CN1P(=O)(Cl)Cl. The van der Waals surface area contributed by atoms with E-state index in [1.165, 1.54) is 4.67 Å². The summed E-state index contributed by atoms with van der Waals surface area (Å²) in [4.78, 5) is 7.85. The van der Waals surface area contributed by atoms with Crippen LogP contribution in [0.4, 0.5) is 0 Å². The van der Waals surface area contributed by atoms with Crippen molar-refractivity contribution in [1.29, 1.82) is 0 Å². The molecule has 0 radical (unpaired) electrons. The number of nitrogens with zero attached hydrogens (tertiary/aromatic N) is 3. The Kier molecular flexibility index (Phi) is 3.44. The maximum absolute atomic E-state index is 11.6. The molecule has 1 aliphatic rings. The quantitative estimate of drug-likeness (QED) is 0.441. The zero-order valence-corrected chi connectivity index (χ0v) is 11.9. The van der Waals surface area contributed by atoms with Crippen LogP contribution in [0.25, 0.3) is 0 Å². The molecule has 1 unspecified atom stereocenters. The van der Waals surface area contributed by atoms with Crippen molar-refractivity contribution in [2.45, 2.75) is 19.5 Å². The minimum Gasteiger partial charge on any atom is -0.271 e. The number of hydrogen-bond donors (Lipinski definition) is 0. The van der Waals surface area contributed by atoms with Gasteiger partial charge in [0.2, 0.25) is 5.28 Å². The Morgan fingerprint density at radius 2 is 2.00 bits per heavy atom. The van der Waals surface area contributed by atoms with Gasteiger partial charge in [0.25, 0.3) is 0 Å². The maximum Gasteiger partial charge on any atom is 0.323 e. The molecular weight excluding hydrogens is 315 g/mol. The molecule has 0 fully saturated rings. The van der Waals surface area contributed by atoms with Crippen LogP contribution in [0, 0.1) is 0 Å². The van der Waals surface area contributed by atoms with Gasteiger partial charge < -0.3 is 0 Å². The summed E-state index contributed by atoms with van der Waals surface area (Å²) in [5.74, 6) is -3.38. The van der Waals surface area contributed by atoms with Crippen molar-refractivity contribution in [3.63, 3.8) is 0 Å². The van der Waals surface area contributed by atoms with E-state index in [0.29, 0.717) is 11.3 Å². The molecule has 0 bridgehead atoms. The summed E-state index contributed by atoms with van der Waals surface area (Å²) in [6.07, 6.45) is 0. The average molecular weight is 321 g/mol. The van der Waals surface area contributed by atoms with Gasteiger partial charge in [-0.15, -0.1) is 0 Å². The summed E-state index contributed by atoms with van der Waals surface area (Å²) in [5, 5.41) is 0.295. The first-order chi connectivity index (χ1) is 7.30. The smallest absolute Gasteiger partial charge is 0.271 e. The Morgan fingerprint density at radius 3 is 2.56 bits per heavy atom. The summed E-state index contributed by atoms with van der Waals surface area (Å²) in [6, 6.07) is -0.291. The van der Waals surface area contributed by atoms with Gasteiger partial charge in [0, 0.05) is 11.6 Å². The number of fused-ring (bicyclic) bond motifs is 1. The number of hydrogen-bond acceptors (Lipinski definition) is 3. The van der Waals surface area contributed by atoms with Gasteiger partial charge in [0.05, 0.1) is 12.2 Å². The first-order valence-corrected chi connectivity index (χ1v) is 8.51. The molecule has 2 rings (SSSR count). The predicted octanol–water partition coefficient (Wildman–Crippen LogP) is 4.25. The molecule has 9 heteroatoms. The van der Waals surface area contributed by atoms with Gasteiger partial charge in [-0.2, -0.15) is 0 Å². The van der Waals surface area contributed by atoms with Gasteiger partial charge in [0.15, 0.2) is 0 Å². The molecule has 1 atom stereocenters. The topological polar surface area (TPSA) is 46.1 Å². The Labute approximate surface area is 112 Å². The fourth-order valence-electron chi connectivity index (χ4n) is 1.71. The van der Waals surface area contributed by atoms with E-state index in [9.17, 15) is 4.57 Å². The van der Waals surface area contributed by atoms with E-state index >= 15 is 0 Å². The van der Waals surface area contributed by atoms with Crippen LogP contribution in [0.1, 0.15) is 24.2 Å². The lowest BCUT2D eigenvalue weighted by Gasteiger charge is -2.21. The Bertz CT molecular complexity index is 491. The molecule has 1 aromatic heterocycles. The number of rotatable bonds is 1. The van der Waals surface area contributed by atoms with E-state index in [1.807, 2.05) is 0 Å². The monoisotopic (exact) mass is 319 g/mol. The zero-order valence-electron chi connectivity index (χ0n) is 7.99. The van der Waals surface area contributed by atoms with Crippen molar-refractivity contribution in [2.24, 2.45) is 0 Å². The molecule has 0 saturated carbocycles. The third kappa shape index (κ3) is 2.20. The molecule has 0 N–H and O–H groups in total. The average Bonchev–Trinajstić information content (AvgIpc) is 2.41. The van der Waals surface area contributed by atoms with Gasteiger partial charge in [-0.3, -0.25) is 4.57 Å². The zero-order chi connectivity index (χ0) is 12.1. The number of aromatic nitrogens is 2. The van der Waals surface area contributed by atoms with E-state index in [-0.39, 0.29) is 23.0 Å². The van der Waals surface area contributed by atoms with E-state index < -0.39 is 6.00 Å². The largest absolute Gasteiger partial charge is 0.323 e. The lowest BCUT2D eigenvalue weighted by Crippen LogP contribution is -2.12. The van der Waals surface area contributed by atoms with Gasteiger partial charge in [-0.05, 0) is 41.0 Å². The normalized spacial score (nSPS) is 21.2. The lowest BCUT2D eigenvalue weighted by atomic mass is 10.2. The second-order valence-electron chi connectivity index (χ2n) is 3.35. The van der Waals surface area contributed by atoms with E-state index in [4.69, 9.17) is 45.7 Å². The summed E-state index contributed by atoms with van der Waals surface area (Å²) in [6.45, 7) is 2.04. The molecule has 0 spiro atoms. The Hall–Kier alpha value is 0.430. The predicted molar refractivity (Wildman–Crippen MR) is 65.3 cm³/mol. The second kappa shape index (κ2) is 4.27. The molecular formula is C7H6Cl4N3OP. The van der Waals surface area contributed by atoms with Crippen molar-refractivity contribution < 1.29 is 4.57 Å². The first kappa shape index (κ1) is 12.9.